The van der Waals surface area contributed by atoms with Crippen LogP contribution in [0, 0.1) is 18.3 Å². The van der Waals surface area contributed by atoms with Gasteiger partial charge in [-0.15, -0.1) is 5.10 Å². The predicted octanol–water partition coefficient (Wildman–Crippen LogP) is 1.97. The van der Waals surface area contributed by atoms with Gasteiger partial charge in [-0.1, -0.05) is 12.1 Å². The van der Waals surface area contributed by atoms with E-state index in [0.717, 1.165) is 23.2 Å². The first kappa shape index (κ1) is 16.0. The number of aromatic nitrogens is 4. The number of H-pyrrole nitrogens is 2. The number of aryl methyl sites for hydroxylation is 1. The van der Waals surface area contributed by atoms with Crippen LogP contribution in [0.25, 0.3) is 11.3 Å². The molecule has 3 aromatic rings. The SMILES string of the molecule is Cc1nnc(-c2c[nH]c(=O)[nH]c2=O)cc1[C@H]1C[C@@H]1c1cccc(C#N)c1. The molecule has 0 amide bonds. The van der Waals surface area contributed by atoms with Gasteiger partial charge in [-0.2, -0.15) is 10.4 Å². The van der Waals surface area contributed by atoms with E-state index in [1.807, 2.05) is 31.2 Å². The Hall–Kier alpha value is -3.53. The lowest BCUT2D eigenvalue weighted by molar-refractivity contribution is 0.911. The Labute approximate surface area is 148 Å². The third kappa shape index (κ3) is 2.82. The maximum atomic E-state index is 12.0. The van der Waals surface area contributed by atoms with Gasteiger partial charge in [0.15, 0.2) is 0 Å². The minimum Gasteiger partial charge on any atom is -0.313 e. The Bertz CT molecular complexity index is 1160. The van der Waals surface area contributed by atoms with Gasteiger partial charge < -0.3 is 4.98 Å². The minimum absolute atomic E-state index is 0.278. The molecule has 0 radical (unpaired) electrons. The summed E-state index contributed by atoms with van der Waals surface area (Å²) in [5.41, 5.74) is 3.30. The lowest BCUT2D eigenvalue weighted by atomic mass is 10.0. The summed E-state index contributed by atoms with van der Waals surface area (Å²) < 4.78 is 0. The number of hydrogen-bond donors (Lipinski definition) is 2. The highest BCUT2D eigenvalue weighted by Gasteiger charge is 2.41. The van der Waals surface area contributed by atoms with Crippen LogP contribution < -0.4 is 11.2 Å². The van der Waals surface area contributed by atoms with E-state index in [4.69, 9.17) is 5.26 Å². The second-order valence-corrected chi connectivity index (χ2v) is 6.44. The Balaban J connectivity index is 1.69. The molecule has 0 aliphatic heterocycles. The van der Waals surface area contributed by atoms with Crippen molar-refractivity contribution in [2.75, 3.05) is 0 Å². The average molecular weight is 345 g/mol. The van der Waals surface area contributed by atoms with Crippen LogP contribution in [0.1, 0.15) is 40.6 Å². The van der Waals surface area contributed by atoms with E-state index in [-0.39, 0.29) is 11.5 Å². The highest BCUT2D eigenvalue weighted by atomic mass is 16.2. The van der Waals surface area contributed by atoms with Gasteiger partial charge >= 0.3 is 5.69 Å². The van der Waals surface area contributed by atoms with Gasteiger partial charge in [-0.25, -0.2) is 4.79 Å². The molecule has 1 fully saturated rings. The van der Waals surface area contributed by atoms with Crippen molar-refractivity contribution < 1.29 is 0 Å². The second kappa shape index (κ2) is 6.08. The molecular formula is C19H15N5O2. The van der Waals surface area contributed by atoms with E-state index in [0.29, 0.717) is 17.2 Å². The Kier molecular flexibility index (Phi) is 3.73. The summed E-state index contributed by atoms with van der Waals surface area (Å²) in [6.45, 7) is 1.89. The maximum absolute atomic E-state index is 12.0. The first-order chi connectivity index (χ1) is 12.6. The number of nitrogens with one attached hydrogen (secondary N) is 2. The van der Waals surface area contributed by atoms with Gasteiger partial charge in [0.2, 0.25) is 0 Å². The van der Waals surface area contributed by atoms with Gasteiger partial charge in [0.1, 0.15) is 5.69 Å². The van der Waals surface area contributed by atoms with E-state index in [2.05, 4.69) is 26.2 Å². The molecule has 1 aliphatic rings. The number of nitriles is 1. The summed E-state index contributed by atoms with van der Waals surface area (Å²) >= 11 is 0. The smallest absolute Gasteiger partial charge is 0.313 e. The van der Waals surface area contributed by atoms with E-state index < -0.39 is 11.2 Å². The molecule has 0 saturated heterocycles. The Morgan fingerprint density at radius 1 is 1.19 bits per heavy atom. The molecule has 1 aromatic carbocycles. The molecule has 1 aliphatic carbocycles. The lowest BCUT2D eigenvalue weighted by Gasteiger charge is -2.07. The standard InChI is InChI=1S/C19H15N5O2/c1-10-13(15-6-14(15)12-4-2-3-11(5-12)8-20)7-17(24-23-10)16-9-21-19(26)22-18(16)25/h2-5,7,9,14-15H,6H2,1H3,(H2,21,22,25,26)/t14-,15-/m1/s1. The molecule has 0 bridgehead atoms. The van der Waals surface area contributed by atoms with Crippen LogP contribution in [0.5, 0.6) is 0 Å². The van der Waals surface area contributed by atoms with Crippen molar-refractivity contribution in [1.82, 2.24) is 20.2 Å². The van der Waals surface area contributed by atoms with Crippen LogP contribution in [0.4, 0.5) is 0 Å². The zero-order chi connectivity index (χ0) is 18.3. The Morgan fingerprint density at radius 3 is 2.81 bits per heavy atom. The second-order valence-electron chi connectivity index (χ2n) is 6.44. The minimum atomic E-state index is -0.557. The molecular weight excluding hydrogens is 330 g/mol. The molecule has 0 unspecified atom stereocenters. The van der Waals surface area contributed by atoms with Gasteiger partial charge in [-0.05, 0) is 54.5 Å². The lowest BCUT2D eigenvalue weighted by Crippen LogP contribution is -2.23. The summed E-state index contributed by atoms with van der Waals surface area (Å²) in [7, 11) is 0. The Morgan fingerprint density at radius 2 is 2.04 bits per heavy atom. The first-order valence-corrected chi connectivity index (χ1v) is 8.23. The molecule has 2 N–H and O–H groups in total. The van der Waals surface area contributed by atoms with Crippen LogP contribution in [-0.4, -0.2) is 20.2 Å². The molecule has 2 aromatic heterocycles. The highest BCUT2D eigenvalue weighted by Crippen LogP contribution is 2.55. The summed E-state index contributed by atoms with van der Waals surface area (Å²) in [5, 5.41) is 17.4. The monoisotopic (exact) mass is 345 g/mol. The summed E-state index contributed by atoms with van der Waals surface area (Å²) in [6.07, 6.45) is 2.31. The molecule has 128 valence electrons. The predicted molar refractivity (Wildman–Crippen MR) is 94.7 cm³/mol. The van der Waals surface area contributed by atoms with Crippen LogP contribution in [-0.2, 0) is 0 Å². The van der Waals surface area contributed by atoms with Crippen LogP contribution in [0.15, 0.2) is 46.1 Å². The molecule has 7 heteroatoms. The fourth-order valence-corrected chi connectivity index (χ4v) is 3.32. The van der Waals surface area contributed by atoms with Crippen molar-refractivity contribution >= 4 is 0 Å². The van der Waals surface area contributed by atoms with Gasteiger partial charge in [0.25, 0.3) is 5.56 Å². The number of nitrogens with zero attached hydrogens (tertiary/aromatic N) is 3. The van der Waals surface area contributed by atoms with Gasteiger partial charge in [-0.3, -0.25) is 9.78 Å². The number of hydrogen-bond acceptors (Lipinski definition) is 5. The number of rotatable bonds is 3. The van der Waals surface area contributed by atoms with Crippen molar-refractivity contribution in [2.45, 2.75) is 25.2 Å². The van der Waals surface area contributed by atoms with Gasteiger partial charge in [0, 0.05) is 6.20 Å². The van der Waals surface area contributed by atoms with Gasteiger partial charge in [0.05, 0.1) is 22.9 Å². The van der Waals surface area contributed by atoms with E-state index >= 15 is 0 Å². The topological polar surface area (TPSA) is 115 Å². The van der Waals surface area contributed by atoms with Crippen molar-refractivity contribution in [3.63, 3.8) is 0 Å². The van der Waals surface area contributed by atoms with Crippen LogP contribution >= 0.6 is 0 Å². The first-order valence-electron chi connectivity index (χ1n) is 8.23. The third-order valence-corrected chi connectivity index (χ3v) is 4.75. The molecule has 1 saturated carbocycles. The normalized spacial score (nSPS) is 18.3. The largest absolute Gasteiger partial charge is 0.325 e. The average Bonchev–Trinajstić information content (AvgIpc) is 3.43. The van der Waals surface area contributed by atoms with Crippen molar-refractivity contribution in [1.29, 1.82) is 5.26 Å². The molecule has 0 spiro atoms. The summed E-state index contributed by atoms with van der Waals surface area (Å²) in [5.74, 6) is 0.605. The molecule has 7 nitrogen and oxygen atoms in total. The quantitative estimate of drug-likeness (QED) is 0.753. The summed E-state index contributed by atoms with van der Waals surface area (Å²) in [4.78, 5) is 27.9. The fraction of sp³-hybridized carbons (Fsp3) is 0.211. The van der Waals surface area contributed by atoms with E-state index in [1.54, 1.807) is 6.07 Å². The number of benzene rings is 1. The van der Waals surface area contributed by atoms with Crippen molar-refractivity contribution in [3.8, 4) is 17.3 Å². The molecule has 4 rings (SSSR count). The number of aromatic amines is 2. The van der Waals surface area contributed by atoms with Crippen molar-refractivity contribution in [3.05, 3.63) is 79.8 Å². The zero-order valence-corrected chi connectivity index (χ0v) is 14.0. The summed E-state index contributed by atoms with van der Waals surface area (Å²) in [6, 6.07) is 11.7. The van der Waals surface area contributed by atoms with Crippen LogP contribution in [0.2, 0.25) is 0 Å². The maximum Gasteiger partial charge on any atom is 0.325 e. The molecule has 26 heavy (non-hydrogen) atoms. The fourth-order valence-electron chi connectivity index (χ4n) is 3.32. The van der Waals surface area contributed by atoms with E-state index in [9.17, 15) is 9.59 Å². The highest BCUT2D eigenvalue weighted by molar-refractivity contribution is 5.58. The zero-order valence-electron chi connectivity index (χ0n) is 14.0. The van der Waals surface area contributed by atoms with Crippen LogP contribution in [0.3, 0.4) is 0 Å². The third-order valence-electron chi connectivity index (χ3n) is 4.75. The molecule has 2 heterocycles. The van der Waals surface area contributed by atoms with Crippen molar-refractivity contribution in [2.24, 2.45) is 0 Å². The van der Waals surface area contributed by atoms with E-state index in [1.165, 1.54) is 6.20 Å². The molecule has 2 atom stereocenters.